The highest BCUT2D eigenvalue weighted by molar-refractivity contribution is 5.10. The van der Waals surface area contributed by atoms with E-state index < -0.39 is 0 Å². The van der Waals surface area contributed by atoms with Crippen LogP contribution in [0.2, 0.25) is 0 Å². The molecule has 0 aromatic carbocycles. The van der Waals surface area contributed by atoms with Crippen LogP contribution < -0.4 is 10.1 Å². The first-order valence-electron chi connectivity index (χ1n) is 4.78. The third-order valence-corrected chi connectivity index (χ3v) is 1.66. The van der Waals surface area contributed by atoms with Crippen molar-refractivity contribution in [3.8, 4) is 5.88 Å². The number of hydrogen-bond acceptors (Lipinski definition) is 3. The fourth-order valence-corrected chi connectivity index (χ4v) is 0.977. The number of pyridine rings is 1. The third-order valence-electron chi connectivity index (χ3n) is 1.66. The number of aromatic nitrogens is 1. The minimum atomic E-state index is -0.346. The van der Waals surface area contributed by atoms with Crippen LogP contribution in [0.15, 0.2) is 18.3 Å². The van der Waals surface area contributed by atoms with Gasteiger partial charge in [-0.1, -0.05) is 6.92 Å². The Morgan fingerprint density at radius 3 is 2.93 bits per heavy atom. The number of hydrogen-bond donors (Lipinski definition) is 1. The largest absolute Gasteiger partial charge is 0.476 e. The van der Waals surface area contributed by atoms with Gasteiger partial charge in [0, 0.05) is 12.6 Å². The normalized spacial score (nSPS) is 10.1. The Hall–Kier alpha value is -1.16. The van der Waals surface area contributed by atoms with Crippen molar-refractivity contribution in [3.63, 3.8) is 0 Å². The summed E-state index contributed by atoms with van der Waals surface area (Å²) in [6.45, 7) is 4.43. The molecule has 0 unspecified atom stereocenters. The smallest absolute Gasteiger partial charge is 0.213 e. The number of nitrogens with zero attached hydrogens (tertiary/aromatic N) is 1. The van der Waals surface area contributed by atoms with Crippen molar-refractivity contribution in [2.75, 3.05) is 19.7 Å². The zero-order valence-electron chi connectivity index (χ0n) is 8.29. The monoisotopic (exact) mass is 198 g/mol. The standard InChI is InChI=1S/C10H15FN2O/c1-2-5-12-6-7-14-10-4-3-9(11)8-13-10/h3-4,8,12H,2,5-7H2,1H3. The Labute approximate surface area is 83.3 Å². The van der Waals surface area contributed by atoms with Crippen molar-refractivity contribution in [3.05, 3.63) is 24.1 Å². The highest BCUT2D eigenvalue weighted by Crippen LogP contribution is 2.05. The van der Waals surface area contributed by atoms with Crippen molar-refractivity contribution >= 4 is 0 Å². The average Bonchev–Trinajstić information content (AvgIpc) is 2.21. The molecule has 0 saturated carbocycles. The molecule has 4 heteroatoms. The summed E-state index contributed by atoms with van der Waals surface area (Å²) in [5.41, 5.74) is 0. The maximum Gasteiger partial charge on any atom is 0.213 e. The van der Waals surface area contributed by atoms with Gasteiger partial charge in [0.1, 0.15) is 12.4 Å². The van der Waals surface area contributed by atoms with E-state index in [9.17, 15) is 4.39 Å². The molecule has 0 bridgehead atoms. The van der Waals surface area contributed by atoms with E-state index in [0.29, 0.717) is 12.5 Å². The molecule has 1 aromatic rings. The molecule has 1 heterocycles. The molecular formula is C10H15FN2O. The topological polar surface area (TPSA) is 34.1 Å². The summed E-state index contributed by atoms with van der Waals surface area (Å²) in [5, 5.41) is 3.19. The second kappa shape index (κ2) is 6.32. The van der Waals surface area contributed by atoms with Gasteiger partial charge in [-0.2, -0.15) is 0 Å². The van der Waals surface area contributed by atoms with Gasteiger partial charge in [-0.3, -0.25) is 0 Å². The van der Waals surface area contributed by atoms with E-state index in [1.165, 1.54) is 12.1 Å². The molecule has 0 saturated heterocycles. The minimum absolute atomic E-state index is 0.346. The fourth-order valence-electron chi connectivity index (χ4n) is 0.977. The van der Waals surface area contributed by atoms with Crippen molar-refractivity contribution in [1.29, 1.82) is 0 Å². The van der Waals surface area contributed by atoms with Gasteiger partial charge in [0.2, 0.25) is 5.88 Å². The summed E-state index contributed by atoms with van der Waals surface area (Å²) in [6, 6.07) is 2.86. The van der Waals surface area contributed by atoms with Crippen LogP contribution in [0.5, 0.6) is 5.88 Å². The van der Waals surface area contributed by atoms with Crippen LogP contribution in [0.4, 0.5) is 4.39 Å². The highest BCUT2D eigenvalue weighted by atomic mass is 19.1. The first-order valence-corrected chi connectivity index (χ1v) is 4.78. The van der Waals surface area contributed by atoms with Crippen molar-refractivity contribution in [1.82, 2.24) is 10.3 Å². The SMILES string of the molecule is CCCNCCOc1ccc(F)cn1. The summed E-state index contributed by atoms with van der Waals surface area (Å²) in [7, 11) is 0. The van der Waals surface area contributed by atoms with Crippen LogP contribution in [-0.2, 0) is 0 Å². The third kappa shape index (κ3) is 4.18. The molecule has 1 rings (SSSR count). The maximum absolute atomic E-state index is 12.4. The van der Waals surface area contributed by atoms with Crippen LogP contribution in [0.25, 0.3) is 0 Å². The average molecular weight is 198 g/mol. The van der Waals surface area contributed by atoms with E-state index in [1.807, 2.05) is 0 Å². The molecule has 78 valence electrons. The van der Waals surface area contributed by atoms with Gasteiger partial charge in [0.15, 0.2) is 0 Å². The van der Waals surface area contributed by atoms with Gasteiger partial charge in [-0.25, -0.2) is 9.37 Å². The number of rotatable bonds is 6. The van der Waals surface area contributed by atoms with E-state index >= 15 is 0 Å². The Morgan fingerprint density at radius 2 is 2.29 bits per heavy atom. The molecule has 1 N–H and O–H groups in total. The lowest BCUT2D eigenvalue weighted by molar-refractivity contribution is 0.302. The summed E-state index contributed by atoms with van der Waals surface area (Å²) in [5.74, 6) is 0.117. The molecule has 14 heavy (non-hydrogen) atoms. The predicted molar refractivity (Wildman–Crippen MR) is 52.9 cm³/mol. The summed E-state index contributed by atoms with van der Waals surface area (Å²) in [4.78, 5) is 3.77. The van der Waals surface area contributed by atoms with E-state index in [-0.39, 0.29) is 5.82 Å². The minimum Gasteiger partial charge on any atom is -0.476 e. The van der Waals surface area contributed by atoms with Crippen LogP contribution >= 0.6 is 0 Å². The molecule has 0 amide bonds. The molecule has 0 spiro atoms. The first kappa shape index (κ1) is 10.9. The van der Waals surface area contributed by atoms with Crippen molar-refractivity contribution in [2.24, 2.45) is 0 Å². The van der Waals surface area contributed by atoms with E-state index in [4.69, 9.17) is 4.74 Å². The molecule has 0 atom stereocenters. The summed E-state index contributed by atoms with van der Waals surface area (Å²) < 4.78 is 17.7. The quantitative estimate of drug-likeness (QED) is 0.705. The zero-order chi connectivity index (χ0) is 10.2. The van der Waals surface area contributed by atoms with Crippen LogP contribution in [0, 0.1) is 5.82 Å². The molecule has 1 aromatic heterocycles. The molecule has 0 aliphatic heterocycles. The van der Waals surface area contributed by atoms with E-state index in [0.717, 1.165) is 25.7 Å². The molecule has 0 aliphatic rings. The van der Waals surface area contributed by atoms with Gasteiger partial charge in [-0.15, -0.1) is 0 Å². The van der Waals surface area contributed by atoms with Gasteiger partial charge >= 0.3 is 0 Å². The van der Waals surface area contributed by atoms with Gasteiger partial charge in [0.25, 0.3) is 0 Å². The lowest BCUT2D eigenvalue weighted by Gasteiger charge is -2.05. The van der Waals surface area contributed by atoms with Crippen LogP contribution in [0.1, 0.15) is 13.3 Å². The molecule has 3 nitrogen and oxygen atoms in total. The van der Waals surface area contributed by atoms with Gasteiger partial charge in [-0.05, 0) is 19.0 Å². The number of halogens is 1. The number of nitrogens with one attached hydrogen (secondary N) is 1. The van der Waals surface area contributed by atoms with E-state index in [1.54, 1.807) is 0 Å². The lowest BCUT2D eigenvalue weighted by Crippen LogP contribution is -2.21. The highest BCUT2D eigenvalue weighted by Gasteiger charge is 1.94. The van der Waals surface area contributed by atoms with E-state index in [2.05, 4.69) is 17.2 Å². The zero-order valence-corrected chi connectivity index (χ0v) is 8.29. The second-order valence-corrected chi connectivity index (χ2v) is 2.91. The van der Waals surface area contributed by atoms with Crippen molar-refractivity contribution in [2.45, 2.75) is 13.3 Å². The molecule has 0 radical (unpaired) electrons. The summed E-state index contributed by atoms with van der Waals surface area (Å²) in [6.07, 6.45) is 2.25. The lowest BCUT2D eigenvalue weighted by atomic mass is 10.4. The first-order chi connectivity index (χ1) is 6.83. The maximum atomic E-state index is 12.4. The molecular weight excluding hydrogens is 183 g/mol. The summed E-state index contributed by atoms with van der Waals surface area (Å²) >= 11 is 0. The predicted octanol–water partition coefficient (Wildman–Crippen LogP) is 1.60. The van der Waals surface area contributed by atoms with Crippen molar-refractivity contribution < 1.29 is 9.13 Å². The Bertz CT molecular complexity index is 251. The Balaban J connectivity index is 2.15. The van der Waals surface area contributed by atoms with Gasteiger partial charge in [0.05, 0.1) is 6.20 Å². The fraction of sp³-hybridized carbons (Fsp3) is 0.500. The molecule has 0 fully saturated rings. The van der Waals surface area contributed by atoms with Crippen LogP contribution in [0.3, 0.4) is 0 Å². The number of ether oxygens (including phenoxy) is 1. The van der Waals surface area contributed by atoms with Gasteiger partial charge < -0.3 is 10.1 Å². The van der Waals surface area contributed by atoms with Crippen LogP contribution in [-0.4, -0.2) is 24.7 Å². The second-order valence-electron chi connectivity index (χ2n) is 2.91. The molecule has 0 aliphatic carbocycles. The Kier molecular flexibility index (Phi) is 4.93. The Morgan fingerprint density at radius 1 is 1.43 bits per heavy atom.